The van der Waals surface area contributed by atoms with E-state index in [0.717, 1.165) is 22.3 Å². The summed E-state index contributed by atoms with van der Waals surface area (Å²) in [5.41, 5.74) is 4.40. The number of aromatic nitrogens is 3. The molecule has 1 unspecified atom stereocenters. The number of para-hydroxylation sites is 1. The van der Waals surface area contributed by atoms with Gasteiger partial charge in [0.2, 0.25) is 0 Å². The van der Waals surface area contributed by atoms with Gasteiger partial charge in [-0.2, -0.15) is 5.10 Å². The normalized spacial score (nSPS) is 17.5. The van der Waals surface area contributed by atoms with Gasteiger partial charge in [-0.25, -0.2) is 4.68 Å². The third-order valence-corrected chi connectivity index (χ3v) is 9.47. The molecule has 4 aromatic rings. The number of anilines is 1. The Morgan fingerprint density at radius 1 is 0.914 bits per heavy atom. The Bertz CT molecular complexity index is 1430. The monoisotopic (exact) mass is 499 g/mol. The maximum Gasteiger partial charge on any atom is 0.166 e. The van der Waals surface area contributed by atoms with Gasteiger partial charge in [-0.15, -0.1) is 10.2 Å². The van der Waals surface area contributed by atoms with Gasteiger partial charge in [0.15, 0.2) is 6.26 Å². The van der Waals surface area contributed by atoms with Gasteiger partial charge in [-0.05, 0) is 53.3 Å². The lowest BCUT2D eigenvalue weighted by atomic mass is 9.84. The van der Waals surface area contributed by atoms with Crippen LogP contribution in [0, 0.1) is 0 Å². The summed E-state index contributed by atoms with van der Waals surface area (Å²) in [6.45, 7) is 4.49. The van der Waals surface area contributed by atoms with E-state index in [9.17, 15) is 0 Å². The number of allylic oxidation sites excluding steroid dienone is 1. The zero-order chi connectivity index (χ0) is 24.5. The lowest BCUT2D eigenvalue weighted by Gasteiger charge is -2.28. The molecule has 0 radical (unpaired) electrons. The molecule has 3 aromatic carbocycles. The summed E-state index contributed by atoms with van der Waals surface area (Å²) in [4.78, 5) is 2.24. The lowest BCUT2D eigenvalue weighted by Crippen LogP contribution is -2.24. The van der Waals surface area contributed by atoms with Crippen LogP contribution in [-0.4, -0.2) is 28.1 Å². The van der Waals surface area contributed by atoms with Crippen LogP contribution in [0.2, 0.25) is 0 Å². The quantitative estimate of drug-likeness (QED) is 0.258. The van der Waals surface area contributed by atoms with Crippen molar-refractivity contribution in [3.63, 3.8) is 0 Å². The van der Waals surface area contributed by atoms with Gasteiger partial charge in [0, 0.05) is 35.0 Å². The van der Waals surface area contributed by atoms with Crippen LogP contribution in [0.3, 0.4) is 0 Å². The Balaban J connectivity index is 1.50. The number of hydrogen-bond donors (Lipinski definition) is 0. The second kappa shape index (κ2) is 9.25. The Hall–Kier alpha value is -3.54. The van der Waals surface area contributed by atoms with Crippen molar-refractivity contribution >= 4 is 35.3 Å². The molecule has 35 heavy (non-hydrogen) atoms. The van der Waals surface area contributed by atoms with Crippen LogP contribution in [0.1, 0.15) is 25.0 Å². The van der Waals surface area contributed by atoms with Crippen molar-refractivity contribution in [2.24, 2.45) is 5.10 Å². The molecule has 176 valence electrons. The fourth-order valence-electron chi connectivity index (χ4n) is 4.34. The number of nitrogens with zero attached hydrogens (tertiary/aromatic N) is 5. The van der Waals surface area contributed by atoms with Crippen LogP contribution in [0.25, 0.3) is 0 Å². The molecular weight excluding hydrogens is 473 g/mol. The maximum atomic E-state index is 6.65. The summed E-state index contributed by atoms with van der Waals surface area (Å²) in [6.07, 6.45) is 2.24. The summed E-state index contributed by atoms with van der Waals surface area (Å²) >= 11 is 6.33. The predicted octanol–water partition coefficient (Wildman–Crippen LogP) is 5.53. The van der Waals surface area contributed by atoms with E-state index >= 15 is 0 Å². The molecule has 0 spiro atoms. The van der Waals surface area contributed by atoms with Crippen LogP contribution >= 0.6 is 6.26 Å². The largest absolute Gasteiger partial charge is 0.458 e. The highest BCUT2D eigenvalue weighted by molar-refractivity contribution is 8.17. The number of rotatable bonds is 6. The first-order chi connectivity index (χ1) is 16.9. The SMILES string of the molecule is CN1C(=CP(=S)(Oc2ccc(C=Nn3cnnc3)cc2)c2ccccc2)C(C)(C)c2ccccc21. The van der Waals surface area contributed by atoms with Crippen molar-refractivity contribution in [3.05, 3.63) is 114 Å². The molecule has 1 aliphatic heterocycles. The Labute approximate surface area is 210 Å². The third kappa shape index (κ3) is 4.57. The summed E-state index contributed by atoms with van der Waals surface area (Å²) < 4.78 is 8.19. The third-order valence-electron chi connectivity index (χ3n) is 6.22. The first-order valence-corrected chi connectivity index (χ1v) is 14.1. The van der Waals surface area contributed by atoms with E-state index in [1.54, 1.807) is 10.9 Å². The predicted molar refractivity (Wildman–Crippen MR) is 146 cm³/mol. The number of fused-ring (bicyclic) bond motifs is 1. The average Bonchev–Trinajstić information content (AvgIpc) is 3.46. The molecule has 0 bridgehead atoms. The lowest BCUT2D eigenvalue weighted by molar-refractivity contribution is 0.619. The fraction of sp³-hybridized carbons (Fsp3) is 0.148. The minimum absolute atomic E-state index is 0.184. The maximum absolute atomic E-state index is 6.65. The second-order valence-electron chi connectivity index (χ2n) is 8.89. The molecule has 8 heteroatoms. The molecule has 0 aliphatic carbocycles. The van der Waals surface area contributed by atoms with Crippen LogP contribution in [0.5, 0.6) is 5.75 Å². The first kappa shape index (κ1) is 23.2. The first-order valence-electron chi connectivity index (χ1n) is 11.3. The van der Waals surface area contributed by atoms with Gasteiger partial charge in [-0.3, -0.25) is 0 Å². The van der Waals surface area contributed by atoms with Crippen molar-refractivity contribution in [2.75, 3.05) is 11.9 Å². The Kier molecular flexibility index (Phi) is 6.13. The molecule has 5 rings (SSSR count). The highest BCUT2D eigenvalue weighted by Crippen LogP contribution is 2.55. The second-order valence-corrected chi connectivity index (χ2v) is 12.7. The van der Waals surface area contributed by atoms with Gasteiger partial charge in [-0.1, -0.05) is 62.4 Å². The standard InChI is InChI=1S/C27H26N5OPS/c1-27(2)24-11-7-8-12-25(24)31(3)26(27)18-34(35,23-9-5-4-6-10-23)33-22-15-13-21(14-16-22)17-30-32-19-28-29-20-32/h4-20H,1-3H3. The van der Waals surface area contributed by atoms with Crippen LogP contribution in [-0.2, 0) is 17.2 Å². The average molecular weight is 500 g/mol. The van der Waals surface area contributed by atoms with E-state index in [1.165, 1.54) is 23.9 Å². The summed E-state index contributed by atoms with van der Waals surface area (Å²) in [5.74, 6) is 2.92. The zero-order valence-electron chi connectivity index (χ0n) is 19.8. The van der Waals surface area contributed by atoms with Crippen LogP contribution in [0.4, 0.5) is 5.69 Å². The van der Waals surface area contributed by atoms with Gasteiger partial charge >= 0.3 is 0 Å². The van der Waals surface area contributed by atoms with Gasteiger partial charge in [0.25, 0.3) is 0 Å². The molecular formula is C27H26N5OPS. The van der Waals surface area contributed by atoms with E-state index in [4.69, 9.17) is 16.3 Å². The van der Waals surface area contributed by atoms with Gasteiger partial charge < -0.3 is 9.42 Å². The minimum Gasteiger partial charge on any atom is -0.458 e. The van der Waals surface area contributed by atoms with E-state index in [-0.39, 0.29) is 5.41 Å². The molecule has 0 N–H and O–H groups in total. The van der Waals surface area contributed by atoms with E-state index in [1.807, 2.05) is 42.5 Å². The highest BCUT2D eigenvalue weighted by atomic mass is 32.4. The summed E-state index contributed by atoms with van der Waals surface area (Å²) in [6, 6.07) is 26.5. The minimum atomic E-state index is -2.58. The van der Waals surface area contributed by atoms with Gasteiger partial charge in [0.1, 0.15) is 18.4 Å². The Morgan fingerprint density at radius 3 is 2.26 bits per heavy atom. The molecule has 0 fully saturated rings. The van der Waals surface area contributed by atoms with E-state index in [2.05, 4.69) is 83.3 Å². The van der Waals surface area contributed by atoms with Crippen molar-refractivity contribution in [2.45, 2.75) is 19.3 Å². The molecule has 2 heterocycles. The number of likely N-dealkylation sites (N-methyl/N-ethyl adjacent to an activating group) is 1. The molecule has 0 amide bonds. The molecule has 1 aromatic heterocycles. The topological polar surface area (TPSA) is 55.5 Å². The van der Waals surface area contributed by atoms with Crippen molar-refractivity contribution in [3.8, 4) is 5.75 Å². The molecule has 0 saturated carbocycles. The molecule has 0 saturated heterocycles. The van der Waals surface area contributed by atoms with Crippen molar-refractivity contribution < 1.29 is 4.52 Å². The highest BCUT2D eigenvalue weighted by Gasteiger charge is 2.40. The summed E-state index contributed by atoms with van der Waals surface area (Å²) in [5, 5.41) is 12.8. The number of benzene rings is 3. The smallest absolute Gasteiger partial charge is 0.166 e. The number of hydrogen-bond acceptors (Lipinski definition) is 6. The van der Waals surface area contributed by atoms with E-state index < -0.39 is 6.26 Å². The Morgan fingerprint density at radius 2 is 1.57 bits per heavy atom. The zero-order valence-corrected chi connectivity index (χ0v) is 21.5. The van der Waals surface area contributed by atoms with Crippen LogP contribution in [0.15, 0.2) is 108 Å². The van der Waals surface area contributed by atoms with Gasteiger partial charge in [0.05, 0.1) is 6.21 Å². The van der Waals surface area contributed by atoms with E-state index in [0.29, 0.717) is 0 Å². The van der Waals surface area contributed by atoms with Crippen LogP contribution < -0.4 is 14.7 Å². The molecule has 1 atom stereocenters. The van der Waals surface area contributed by atoms with Crippen molar-refractivity contribution in [1.29, 1.82) is 0 Å². The molecule has 6 nitrogen and oxygen atoms in total. The molecule has 1 aliphatic rings. The summed E-state index contributed by atoms with van der Waals surface area (Å²) in [7, 11) is 2.11. The fourth-order valence-corrected chi connectivity index (χ4v) is 7.41. The van der Waals surface area contributed by atoms with Crippen molar-refractivity contribution in [1.82, 2.24) is 14.9 Å².